The molecule has 78 valence electrons. The Hall–Kier alpha value is -1.67. The van der Waals surface area contributed by atoms with Gasteiger partial charge in [-0.3, -0.25) is 0 Å². The van der Waals surface area contributed by atoms with Gasteiger partial charge in [-0.1, -0.05) is 6.07 Å². The van der Waals surface area contributed by atoms with Gasteiger partial charge in [0.25, 0.3) is 0 Å². The number of rotatable bonds is 2. The molecule has 0 unspecified atom stereocenters. The molecular weight excluding hydrogens is 195 g/mol. The summed E-state index contributed by atoms with van der Waals surface area (Å²) in [6.07, 6.45) is 4.20. The number of nitrogen functional groups attached to an aromatic ring is 1. The molecule has 1 aliphatic carbocycles. The Labute approximate surface area is 86.8 Å². The number of carbonyl (C=O) groups excluding carboxylic acids is 1. The number of hydrogen-bond donors (Lipinski definition) is 1. The van der Waals surface area contributed by atoms with E-state index in [0.29, 0.717) is 0 Å². The van der Waals surface area contributed by atoms with Crippen LogP contribution in [0.1, 0.15) is 24.8 Å². The summed E-state index contributed by atoms with van der Waals surface area (Å²) in [5.74, 6) is -0.441. The summed E-state index contributed by atoms with van der Waals surface area (Å²) in [6.45, 7) is 0. The second-order valence-corrected chi connectivity index (χ2v) is 3.82. The molecule has 0 spiro atoms. The highest BCUT2D eigenvalue weighted by atomic mass is 19.1. The van der Waals surface area contributed by atoms with Crippen LogP contribution in [0.3, 0.4) is 0 Å². The molecule has 2 rings (SSSR count). The standard InChI is InChI=1S/C11H11FN2O/c12-9-3-2-8(6-10(9)13)11(14-7-15)4-1-5-11/h2-3,6H,1,4-5,13H2. The van der Waals surface area contributed by atoms with Crippen molar-refractivity contribution >= 4 is 11.8 Å². The molecule has 0 aliphatic heterocycles. The van der Waals surface area contributed by atoms with Crippen LogP contribution in [-0.2, 0) is 10.3 Å². The zero-order chi connectivity index (χ0) is 10.9. The largest absolute Gasteiger partial charge is 0.396 e. The average Bonchev–Trinajstić information content (AvgIpc) is 2.16. The molecular formula is C11H11FN2O. The first-order valence-corrected chi connectivity index (χ1v) is 4.82. The van der Waals surface area contributed by atoms with Crippen LogP contribution in [0.5, 0.6) is 0 Å². The van der Waals surface area contributed by atoms with Gasteiger partial charge < -0.3 is 5.73 Å². The van der Waals surface area contributed by atoms with Crippen molar-refractivity contribution < 1.29 is 9.18 Å². The minimum Gasteiger partial charge on any atom is -0.396 e. The van der Waals surface area contributed by atoms with Crippen LogP contribution in [0.25, 0.3) is 0 Å². The van der Waals surface area contributed by atoms with Gasteiger partial charge in [-0.2, -0.15) is 4.99 Å². The van der Waals surface area contributed by atoms with E-state index in [1.807, 2.05) is 0 Å². The van der Waals surface area contributed by atoms with Crippen LogP contribution in [0.2, 0.25) is 0 Å². The Bertz CT molecular complexity index is 434. The van der Waals surface area contributed by atoms with Crippen molar-refractivity contribution in [1.82, 2.24) is 0 Å². The van der Waals surface area contributed by atoms with Crippen molar-refractivity contribution in [1.29, 1.82) is 0 Å². The molecule has 0 bridgehead atoms. The first-order valence-electron chi connectivity index (χ1n) is 4.82. The molecule has 4 heteroatoms. The molecule has 0 heterocycles. The van der Waals surface area contributed by atoms with Crippen molar-refractivity contribution in [2.45, 2.75) is 24.8 Å². The Morgan fingerprint density at radius 3 is 2.67 bits per heavy atom. The first kappa shape index (κ1) is 9.87. The fourth-order valence-electron chi connectivity index (χ4n) is 1.90. The lowest BCUT2D eigenvalue weighted by Crippen LogP contribution is -2.31. The van der Waals surface area contributed by atoms with Crippen LogP contribution >= 0.6 is 0 Å². The van der Waals surface area contributed by atoms with Gasteiger partial charge in [-0.05, 0) is 37.0 Å². The number of hydrogen-bond acceptors (Lipinski definition) is 3. The zero-order valence-corrected chi connectivity index (χ0v) is 8.16. The van der Waals surface area contributed by atoms with E-state index in [1.54, 1.807) is 18.2 Å². The predicted octanol–water partition coefficient (Wildman–Crippen LogP) is 2.12. The van der Waals surface area contributed by atoms with Gasteiger partial charge in [0.1, 0.15) is 5.82 Å². The third kappa shape index (κ3) is 1.53. The molecule has 0 aromatic heterocycles. The van der Waals surface area contributed by atoms with Crippen LogP contribution in [-0.4, -0.2) is 6.08 Å². The molecule has 0 saturated heterocycles. The summed E-state index contributed by atoms with van der Waals surface area (Å²) in [4.78, 5) is 14.2. The Balaban J connectivity index is 2.43. The molecule has 2 N–H and O–H groups in total. The minimum absolute atomic E-state index is 0.0971. The first-order chi connectivity index (χ1) is 7.18. The number of halogens is 1. The quantitative estimate of drug-likeness (QED) is 0.457. The molecule has 0 amide bonds. The Kier molecular flexibility index (Phi) is 2.29. The normalized spacial score (nSPS) is 17.7. The minimum atomic E-state index is -0.496. The highest BCUT2D eigenvalue weighted by Gasteiger charge is 2.39. The van der Waals surface area contributed by atoms with Gasteiger partial charge in [0.05, 0.1) is 11.2 Å². The highest BCUT2D eigenvalue weighted by molar-refractivity contribution is 5.47. The second kappa shape index (κ2) is 3.48. The molecule has 15 heavy (non-hydrogen) atoms. The molecule has 1 fully saturated rings. The van der Waals surface area contributed by atoms with Gasteiger partial charge in [-0.15, -0.1) is 0 Å². The van der Waals surface area contributed by atoms with Gasteiger partial charge >= 0.3 is 0 Å². The third-order valence-electron chi connectivity index (χ3n) is 2.97. The monoisotopic (exact) mass is 206 g/mol. The topological polar surface area (TPSA) is 55.4 Å². The van der Waals surface area contributed by atoms with E-state index >= 15 is 0 Å². The number of aliphatic imine (C=N–C) groups is 1. The maximum atomic E-state index is 13.0. The van der Waals surface area contributed by atoms with Crippen LogP contribution in [0.4, 0.5) is 10.1 Å². The molecule has 0 atom stereocenters. The van der Waals surface area contributed by atoms with E-state index in [1.165, 1.54) is 6.07 Å². The summed E-state index contributed by atoms with van der Waals surface area (Å²) in [6, 6.07) is 4.49. The van der Waals surface area contributed by atoms with Gasteiger partial charge in [0, 0.05) is 0 Å². The van der Waals surface area contributed by atoms with Gasteiger partial charge in [0.15, 0.2) is 0 Å². The summed E-state index contributed by atoms with van der Waals surface area (Å²) in [7, 11) is 0. The van der Waals surface area contributed by atoms with E-state index in [0.717, 1.165) is 24.8 Å². The van der Waals surface area contributed by atoms with E-state index in [4.69, 9.17) is 5.73 Å². The van der Waals surface area contributed by atoms with Gasteiger partial charge in [-0.25, -0.2) is 9.18 Å². The SMILES string of the molecule is Nc1cc(C2(N=C=O)CCC2)ccc1F. The number of isocyanates is 1. The van der Waals surface area contributed by atoms with Gasteiger partial charge in [0.2, 0.25) is 6.08 Å². The van der Waals surface area contributed by atoms with Crippen LogP contribution < -0.4 is 5.73 Å². The maximum absolute atomic E-state index is 13.0. The van der Waals surface area contributed by atoms with Crippen molar-refractivity contribution in [3.8, 4) is 0 Å². The molecule has 0 radical (unpaired) electrons. The molecule has 3 nitrogen and oxygen atoms in total. The summed E-state index contributed by atoms with van der Waals surface area (Å²) in [5, 5.41) is 0. The fourth-order valence-corrected chi connectivity index (χ4v) is 1.90. The zero-order valence-electron chi connectivity index (χ0n) is 8.16. The number of benzene rings is 1. The van der Waals surface area contributed by atoms with Crippen molar-refractivity contribution in [2.24, 2.45) is 4.99 Å². The summed E-state index contributed by atoms with van der Waals surface area (Å²) < 4.78 is 13.0. The lowest BCUT2D eigenvalue weighted by Gasteiger charge is -2.37. The fraction of sp³-hybridized carbons (Fsp3) is 0.364. The Morgan fingerprint density at radius 1 is 1.47 bits per heavy atom. The van der Waals surface area contributed by atoms with E-state index in [-0.39, 0.29) is 5.69 Å². The lowest BCUT2D eigenvalue weighted by molar-refractivity contribution is 0.256. The van der Waals surface area contributed by atoms with Crippen LogP contribution in [0.15, 0.2) is 23.2 Å². The molecule has 1 saturated carbocycles. The average molecular weight is 206 g/mol. The second-order valence-electron chi connectivity index (χ2n) is 3.82. The summed E-state index contributed by atoms with van der Waals surface area (Å²) in [5.41, 5.74) is 5.88. The third-order valence-corrected chi connectivity index (χ3v) is 2.97. The number of nitrogens with two attached hydrogens (primary N) is 1. The van der Waals surface area contributed by atoms with Crippen molar-refractivity contribution in [3.63, 3.8) is 0 Å². The van der Waals surface area contributed by atoms with Crippen molar-refractivity contribution in [2.75, 3.05) is 5.73 Å². The lowest BCUT2D eigenvalue weighted by atomic mass is 9.72. The highest BCUT2D eigenvalue weighted by Crippen LogP contribution is 2.45. The number of nitrogens with zero attached hydrogens (tertiary/aromatic N) is 1. The van der Waals surface area contributed by atoms with E-state index in [9.17, 15) is 9.18 Å². The van der Waals surface area contributed by atoms with E-state index in [2.05, 4.69) is 4.99 Å². The number of anilines is 1. The smallest absolute Gasteiger partial charge is 0.235 e. The predicted molar refractivity (Wildman–Crippen MR) is 54.5 cm³/mol. The van der Waals surface area contributed by atoms with E-state index < -0.39 is 11.4 Å². The maximum Gasteiger partial charge on any atom is 0.235 e. The molecule has 1 aromatic rings. The molecule has 1 aliphatic rings. The van der Waals surface area contributed by atoms with Crippen molar-refractivity contribution in [3.05, 3.63) is 29.6 Å². The van der Waals surface area contributed by atoms with Crippen LogP contribution in [0, 0.1) is 5.82 Å². The molecule has 1 aromatic carbocycles. The Morgan fingerprint density at radius 2 is 2.20 bits per heavy atom. The summed E-state index contributed by atoms with van der Waals surface area (Å²) >= 11 is 0.